The number of esters is 1. The van der Waals surface area contributed by atoms with Gasteiger partial charge in [0.25, 0.3) is 0 Å². The average molecular weight is 408 g/mol. The van der Waals surface area contributed by atoms with Crippen molar-refractivity contribution < 1.29 is 24.2 Å². The Bertz CT molecular complexity index is 756. The molecule has 1 aromatic heterocycles. The molecule has 3 rings (SSSR count). The van der Waals surface area contributed by atoms with Crippen LogP contribution in [-0.4, -0.2) is 29.6 Å². The number of ether oxygens (including phenoxy) is 1. The van der Waals surface area contributed by atoms with Crippen LogP contribution in [0.1, 0.15) is 73.2 Å². The van der Waals surface area contributed by atoms with Crippen molar-refractivity contribution in [3.8, 4) is 0 Å². The molecule has 154 valence electrons. The molecule has 2 aliphatic carbocycles. The van der Waals surface area contributed by atoms with Gasteiger partial charge in [-0.05, 0) is 50.0 Å². The lowest BCUT2D eigenvalue weighted by Gasteiger charge is -2.27. The first-order valence-electron chi connectivity index (χ1n) is 10.3. The van der Waals surface area contributed by atoms with E-state index in [1.807, 2.05) is 6.92 Å². The average Bonchev–Trinajstić information content (AvgIpc) is 3.02. The van der Waals surface area contributed by atoms with Gasteiger partial charge in [-0.2, -0.15) is 0 Å². The molecule has 0 spiro atoms. The van der Waals surface area contributed by atoms with E-state index in [1.165, 1.54) is 11.3 Å². The zero-order valence-corrected chi connectivity index (χ0v) is 17.4. The van der Waals surface area contributed by atoms with Crippen LogP contribution in [0.15, 0.2) is 0 Å². The maximum absolute atomic E-state index is 12.9. The molecule has 0 bridgehead atoms. The summed E-state index contributed by atoms with van der Waals surface area (Å²) in [5.74, 6) is -2.25. The van der Waals surface area contributed by atoms with Gasteiger partial charge in [-0.1, -0.05) is 26.7 Å². The second kappa shape index (κ2) is 9.07. The van der Waals surface area contributed by atoms with E-state index in [-0.39, 0.29) is 11.9 Å². The van der Waals surface area contributed by atoms with Crippen LogP contribution >= 0.6 is 11.3 Å². The third kappa shape index (κ3) is 4.40. The maximum Gasteiger partial charge on any atom is 0.341 e. The van der Waals surface area contributed by atoms with Crippen molar-refractivity contribution in [3.05, 3.63) is 16.0 Å². The fourth-order valence-electron chi connectivity index (χ4n) is 4.27. The van der Waals surface area contributed by atoms with E-state index in [0.717, 1.165) is 49.0 Å². The zero-order valence-electron chi connectivity index (χ0n) is 16.6. The summed E-state index contributed by atoms with van der Waals surface area (Å²) in [6.45, 7) is 4.47. The van der Waals surface area contributed by atoms with Crippen LogP contribution < -0.4 is 5.32 Å². The van der Waals surface area contributed by atoms with Gasteiger partial charge >= 0.3 is 11.9 Å². The van der Waals surface area contributed by atoms with Gasteiger partial charge in [-0.25, -0.2) is 4.79 Å². The smallest absolute Gasteiger partial charge is 0.341 e. The largest absolute Gasteiger partial charge is 0.481 e. The van der Waals surface area contributed by atoms with Crippen molar-refractivity contribution in [2.45, 2.75) is 65.2 Å². The molecule has 0 saturated heterocycles. The number of hydrogen-bond acceptors (Lipinski definition) is 5. The summed E-state index contributed by atoms with van der Waals surface area (Å²) in [6.07, 6.45) is 6.23. The molecule has 1 heterocycles. The highest BCUT2D eigenvalue weighted by atomic mass is 32.1. The third-order valence-electron chi connectivity index (χ3n) is 5.81. The van der Waals surface area contributed by atoms with E-state index in [4.69, 9.17) is 4.74 Å². The number of rotatable bonds is 6. The second-order valence-corrected chi connectivity index (χ2v) is 9.12. The van der Waals surface area contributed by atoms with Gasteiger partial charge < -0.3 is 15.2 Å². The maximum atomic E-state index is 12.9. The lowest BCUT2D eigenvalue weighted by Crippen LogP contribution is -2.36. The Hall–Kier alpha value is -1.89. The molecule has 2 aliphatic rings. The normalized spacial score (nSPS) is 24.3. The van der Waals surface area contributed by atoms with Gasteiger partial charge in [0.1, 0.15) is 5.00 Å². The van der Waals surface area contributed by atoms with Crippen LogP contribution in [0.5, 0.6) is 0 Å². The molecule has 1 amide bonds. The molecule has 0 unspecified atom stereocenters. The first-order chi connectivity index (χ1) is 13.4. The van der Waals surface area contributed by atoms with Gasteiger partial charge in [0.15, 0.2) is 0 Å². The van der Waals surface area contributed by atoms with E-state index < -0.39 is 17.8 Å². The van der Waals surface area contributed by atoms with Crippen molar-refractivity contribution in [2.24, 2.45) is 17.8 Å². The fourth-order valence-corrected chi connectivity index (χ4v) is 5.67. The molecular weight excluding hydrogens is 378 g/mol. The summed E-state index contributed by atoms with van der Waals surface area (Å²) >= 11 is 1.45. The van der Waals surface area contributed by atoms with Gasteiger partial charge in [-0.15, -0.1) is 11.3 Å². The van der Waals surface area contributed by atoms with Crippen LogP contribution in [0, 0.1) is 17.8 Å². The van der Waals surface area contributed by atoms with Crippen LogP contribution in [0.25, 0.3) is 0 Å². The SMILES string of the molecule is CCCOC(=O)c1c(NC(=O)[C@H]2CCCC[C@H]2C(=O)O)sc2c1CC[C@@H](C)C2. The molecule has 1 aromatic rings. The number of hydrogen-bond donors (Lipinski definition) is 2. The molecule has 6 nitrogen and oxygen atoms in total. The number of aliphatic carboxylic acids is 1. The lowest BCUT2D eigenvalue weighted by molar-refractivity contribution is -0.147. The molecule has 0 aromatic carbocycles. The summed E-state index contributed by atoms with van der Waals surface area (Å²) < 4.78 is 5.38. The first kappa shape index (κ1) is 20.8. The second-order valence-electron chi connectivity index (χ2n) is 8.02. The minimum atomic E-state index is -0.915. The van der Waals surface area contributed by atoms with E-state index in [9.17, 15) is 19.5 Å². The Kier molecular flexibility index (Phi) is 6.75. The molecule has 2 N–H and O–H groups in total. The number of carboxylic acids is 1. The van der Waals surface area contributed by atoms with Gasteiger partial charge in [0, 0.05) is 4.88 Å². The van der Waals surface area contributed by atoms with Crippen molar-refractivity contribution in [1.29, 1.82) is 0 Å². The summed E-state index contributed by atoms with van der Waals surface area (Å²) in [5, 5.41) is 12.9. The lowest BCUT2D eigenvalue weighted by atomic mass is 9.78. The Labute approximate surface area is 169 Å². The van der Waals surface area contributed by atoms with Crippen molar-refractivity contribution >= 4 is 34.2 Å². The minimum Gasteiger partial charge on any atom is -0.481 e. The van der Waals surface area contributed by atoms with Crippen molar-refractivity contribution in [3.63, 3.8) is 0 Å². The predicted octanol–water partition coefficient (Wildman–Crippen LogP) is 4.27. The Morgan fingerprint density at radius 1 is 1.18 bits per heavy atom. The topological polar surface area (TPSA) is 92.7 Å². The first-order valence-corrected chi connectivity index (χ1v) is 11.1. The summed E-state index contributed by atoms with van der Waals surface area (Å²) in [5.41, 5.74) is 1.48. The molecule has 3 atom stereocenters. The number of amides is 1. The van der Waals surface area contributed by atoms with E-state index in [1.54, 1.807) is 0 Å². The van der Waals surface area contributed by atoms with E-state index in [2.05, 4.69) is 12.2 Å². The number of carbonyl (C=O) groups excluding carboxylic acids is 2. The molecular formula is C21H29NO5S. The molecule has 1 fully saturated rings. The van der Waals surface area contributed by atoms with Gasteiger partial charge in [0.2, 0.25) is 5.91 Å². The third-order valence-corrected chi connectivity index (χ3v) is 6.98. The van der Waals surface area contributed by atoms with Gasteiger partial charge in [0.05, 0.1) is 24.0 Å². The summed E-state index contributed by atoms with van der Waals surface area (Å²) in [7, 11) is 0. The van der Waals surface area contributed by atoms with Crippen LogP contribution in [0.3, 0.4) is 0 Å². The molecule has 0 radical (unpaired) electrons. The highest BCUT2D eigenvalue weighted by Crippen LogP contribution is 2.41. The van der Waals surface area contributed by atoms with Crippen LogP contribution in [0.4, 0.5) is 5.00 Å². The standard InChI is InChI=1S/C21H29NO5S/c1-3-10-27-21(26)17-15-9-8-12(2)11-16(15)28-19(17)22-18(23)13-6-4-5-7-14(13)20(24)25/h12-14H,3-11H2,1-2H3,(H,22,23)(H,24,25)/t12-,13+,14-/m1/s1. The number of nitrogens with one attached hydrogen (secondary N) is 1. The van der Waals surface area contributed by atoms with E-state index >= 15 is 0 Å². The van der Waals surface area contributed by atoms with Crippen LogP contribution in [-0.2, 0) is 27.2 Å². The zero-order chi connectivity index (χ0) is 20.3. The Morgan fingerprint density at radius 2 is 1.89 bits per heavy atom. The van der Waals surface area contributed by atoms with Gasteiger partial charge in [-0.3, -0.25) is 9.59 Å². The highest BCUT2D eigenvalue weighted by Gasteiger charge is 2.37. The number of anilines is 1. The molecule has 1 saturated carbocycles. The summed E-state index contributed by atoms with van der Waals surface area (Å²) in [4.78, 5) is 38.3. The van der Waals surface area contributed by atoms with Crippen LogP contribution in [0.2, 0.25) is 0 Å². The highest BCUT2D eigenvalue weighted by molar-refractivity contribution is 7.17. The number of carbonyl (C=O) groups is 3. The predicted molar refractivity (Wildman–Crippen MR) is 108 cm³/mol. The van der Waals surface area contributed by atoms with E-state index in [0.29, 0.717) is 35.9 Å². The fraction of sp³-hybridized carbons (Fsp3) is 0.667. The summed E-state index contributed by atoms with van der Waals surface area (Å²) in [6, 6.07) is 0. The van der Waals surface area contributed by atoms with Crippen molar-refractivity contribution in [2.75, 3.05) is 11.9 Å². The molecule has 28 heavy (non-hydrogen) atoms. The Morgan fingerprint density at radius 3 is 2.57 bits per heavy atom. The monoisotopic (exact) mass is 407 g/mol. The molecule has 7 heteroatoms. The molecule has 0 aliphatic heterocycles. The number of fused-ring (bicyclic) bond motifs is 1. The number of carboxylic acid groups (broad SMARTS) is 1. The Balaban J connectivity index is 1.87. The minimum absolute atomic E-state index is 0.289. The van der Waals surface area contributed by atoms with Crippen molar-refractivity contribution in [1.82, 2.24) is 0 Å². The quantitative estimate of drug-likeness (QED) is 0.687. The number of thiophene rings is 1.